The molecule has 1 atom stereocenters. The Bertz CT molecular complexity index is 683. The predicted octanol–water partition coefficient (Wildman–Crippen LogP) is 4.16. The van der Waals surface area contributed by atoms with E-state index in [1.165, 1.54) is 21.9 Å². The van der Waals surface area contributed by atoms with Crippen molar-refractivity contribution in [3.05, 3.63) is 83.9 Å². The number of aliphatic hydroxyl groups excluding tert-OH is 1. The van der Waals surface area contributed by atoms with Gasteiger partial charge in [0.05, 0.1) is 6.61 Å². The van der Waals surface area contributed by atoms with Gasteiger partial charge in [0.2, 0.25) is 0 Å². The van der Waals surface area contributed by atoms with Gasteiger partial charge >= 0.3 is 0 Å². The lowest BCUT2D eigenvalue weighted by Gasteiger charge is -2.16. The second-order valence-electron chi connectivity index (χ2n) is 5.13. The summed E-state index contributed by atoms with van der Waals surface area (Å²) in [6, 6.07) is 25.1. The molecule has 20 heavy (non-hydrogen) atoms. The van der Waals surface area contributed by atoms with Gasteiger partial charge in [-0.3, -0.25) is 0 Å². The Morgan fingerprint density at radius 2 is 1.45 bits per heavy atom. The van der Waals surface area contributed by atoms with E-state index in [4.69, 9.17) is 0 Å². The average Bonchev–Trinajstić information content (AvgIpc) is 2.53. The molecule has 3 aromatic carbocycles. The van der Waals surface area contributed by atoms with Crippen molar-refractivity contribution in [2.45, 2.75) is 12.3 Å². The Hall–Kier alpha value is -2.12. The molecule has 0 aliphatic rings. The number of benzene rings is 3. The highest BCUT2D eigenvalue weighted by molar-refractivity contribution is 5.85. The van der Waals surface area contributed by atoms with Crippen molar-refractivity contribution in [1.82, 2.24) is 0 Å². The molecule has 0 spiro atoms. The van der Waals surface area contributed by atoms with Crippen LogP contribution in [0.25, 0.3) is 10.8 Å². The van der Waals surface area contributed by atoms with E-state index in [0.29, 0.717) is 0 Å². The molecule has 0 radical (unpaired) electrons. The topological polar surface area (TPSA) is 20.2 Å². The van der Waals surface area contributed by atoms with Crippen molar-refractivity contribution in [2.24, 2.45) is 0 Å². The molecule has 0 amide bonds. The molecule has 1 N–H and O–H groups in total. The number of rotatable bonds is 4. The Balaban J connectivity index is 1.96. The average molecular weight is 262 g/mol. The van der Waals surface area contributed by atoms with E-state index >= 15 is 0 Å². The molecule has 0 saturated carbocycles. The smallest absolute Gasteiger partial charge is 0.0502 e. The molecular weight excluding hydrogens is 244 g/mol. The van der Waals surface area contributed by atoms with Crippen LogP contribution in [-0.2, 0) is 6.42 Å². The van der Waals surface area contributed by atoms with Crippen LogP contribution in [0.4, 0.5) is 0 Å². The summed E-state index contributed by atoms with van der Waals surface area (Å²) in [6.45, 7) is 0.174. The van der Waals surface area contributed by atoms with Gasteiger partial charge in [0.25, 0.3) is 0 Å². The maximum Gasteiger partial charge on any atom is 0.0502 e. The Kier molecular flexibility index (Phi) is 3.80. The van der Waals surface area contributed by atoms with Crippen LogP contribution in [0.15, 0.2) is 72.8 Å². The van der Waals surface area contributed by atoms with Crippen molar-refractivity contribution in [1.29, 1.82) is 0 Å². The zero-order chi connectivity index (χ0) is 13.8. The van der Waals surface area contributed by atoms with Gasteiger partial charge in [0.1, 0.15) is 0 Å². The highest BCUT2D eigenvalue weighted by Crippen LogP contribution is 2.25. The molecule has 0 fully saturated rings. The summed E-state index contributed by atoms with van der Waals surface area (Å²) < 4.78 is 0. The van der Waals surface area contributed by atoms with Crippen LogP contribution in [0.3, 0.4) is 0 Å². The lowest BCUT2D eigenvalue weighted by Crippen LogP contribution is -2.08. The summed E-state index contributed by atoms with van der Waals surface area (Å²) in [7, 11) is 0. The molecule has 0 aliphatic heterocycles. The van der Waals surface area contributed by atoms with E-state index in [-0.39, 0.29) is 12.5 Å². The molecule has 3 aromatic rings. The van der Waals surface area contributed by atoms with Crippen molar-refractivity contribution in [3.63, 3.8) is 0 Å². The van der Waals surface area contributed by atoms with E-state index in [9.17, 15) is 5.11 Å². The largest absolute Gasteiger partial charge is 0.396 e. The molecule has 1 unspecified atom stereocenters. The van der Waals surface area contributed by atoms with Crippen LogP contribution in [0, 0.1) is 0 Å². The molecule has 3 rings (SSSR count). The molecule has 0 heterocycles. The summed E-state index contributed by atoms with van der Waals surface area (Å²) in [4.78, 5) is 0. The van der Waals surface area contributed by atoms with Crippen LogP contribution in [0.2, 0.25) is 0 Å². The molecule has 100 valence electrons. The number of hydrogen-bond donors (Lipinski definition) is 1. The van der Waals surface area contributed by atoms with Gasteiger partial charge in [-0.1, -0.05) is 72.8 Å². The van der Waals surface area contributed by atoms with Crippen LogP contribution in [-0.4, -0.2) is 11.7 Å². The van der Waals surface area contributed by atoms with Crippen molar-refractivity contribution in [3.8, 4) is 0 Å². The third kappa shape index (κ3) is 2.59. The standard InChI is InChI=1S/C19H18O/c20-14-18(15-7-2-1-3-8-15)13-17-11-6-10-16-9-4-5-12-19(16)17/h1-12,18,20H,13-14H2. The van der Waals surface area contributed by atoms with Crippen molar-refractivity contribution < 1.29 is 5.11 Å². The molecule has 1 heteroatoms. The summed E-state index contributed by atoms with van der Waals surface area (Å²) in [5.74, 6) is 0.155. The van der Waals surface area contributed by atoms with Gasteiger partial charge in [0, 0.05) is 5.92 Å². The van der Waals surface area contributed by atoms with E-state index < -0.39 is 0 Å². The van der Waals surface area contributed by atoms with Crippen molar-refractivity contribution >= 4 is 10.8 Å². The number of fused-ring (bicyclic) bond motifs is 1. The highest BCUT2D eigenvalue weighted by atomic mass is 16.3. The summed E-state index contributed by atoms with van der Waals surface area (Å²) in [5, 5.41) is 12.3. The summed E-state index contributed by atoms with van der Waals surface area (Å²) in [6.07, 6.45) is 0.863. The fourth-order valence-corrected chi connectivity index (χ4v) is 2.75. The number of hydrogen-bond acceptors (Lipinski definition) is 1. The first kappa shape index (κ1) is 12.9. The first-order valence-electron chi connectivity index (χ1n) is 7.01. The van der Waals surface area contributed by atoms with Gasteiger partial charge in [-0.05, 0) is 28.3 Å². The Morgan fingerprint density at radius 1 is 0.750 bits per heavy atom. The normalized spacial score (nSPS) is 12.4. The van der Waals surface area contributed by atoms with Crippen LogP contribution >= 0.6 is 0 Å². The Labute approximate surface area is 119 Å². The molecule has 0 bridgehead atoms. The fourth-order valence-electron chi connectivity index (χ4n) is 2.75. The molecule has 0 aliphatic carbocycles. The number of aliphatic hydroxyl groups is 1. The summed E-state index contributed by atoms with van der Waals surface area (Å²) in [5.41, 5.74) is 2.49. The zero-order valence-corrected chi connectivity index (χ0v) is 11.4. The first-order valence-corrected chi connectivity index (χ1v) is 7.01. The van der Waals surface area contributed by atoms with Crippen LogP contribution in [0.1, 0.15) is 17.0 Å². The second kappa shape index (κ2) is 5.89. The third-order valence-electron chi connectivity index (χ3n) is 3.84. The molecule has 0 saturated heterocycles. The molecule has 1 nitrogen and oxygen atoms in total. The van der Waals surface area contributed by atoms with Crippen LogP contribution < -0.4 is 0 Å². The summed E-state index contributed by atoms with van der Waals surface area (Å²) >= 11 is 0. The third-order valence-corrected chi connectivity index (χ3v) is 3.84. The SMILES string of the molecule is OCC(Cc1cccc2ccccc12)c1ccccc1. The minimum Gasteiger partial charge on any atom is -0.396 e. The molecular formula is C19H18O. The van der Waals surface area contributed by atoms with Crippen LogP contribution in [0.5, 0.6) is 0 Å². The maximum absolute atomic E-state index is 9.71. The lowest BCUT2D eigenvalue weighted by molar-refractivity contribution is 0.264. The first-order chi connectivity index (χ1) is 9.88. The van der Waals surface area contributed by atoms with E-state index in [1.807, 2.05) is 18.2 Å². The van der Waals surface area contributed by atoms with Gasteiger partial charge in [-0.25, -0.2) is 0 Å². The zero-order valence-electron chi connectivity index (χ0n) is 11.4. The quantitative estimate of drug-likeness (QED) is 0.748. The fraction of sp³-hybridized carbons (Fsp3) is 0.158. The van der Waals surface area contributed by atoms with Gasteiger partial charge in [0.15, 0.2) is 0 Å². The van der Waals surface area contributed by atoms with Gasteiger partial charge in [-0.2, -0.15) is 0 Å². The minimum absolute atomic E-state index is 0.155. The maximum atomic E-state index is 9.71. The van der Waals surface area contributed by atoms with E-state index in [0.717, 1.165) is 6.42 Å². The molecule has 0 aromatic heterocycles. The van der Waals surface area contributed by atoms with Gasteiger partial charge < -0.3 is 5.11 Å². The van der Waals surface area contributed by atoms with E-state index in [1.54, 1.807) is 0 Å². The minimum atomic E-state index is 0.155. The predicted molar refractivity (Wildman–Crippen MR) is 83.9 cm³/mol. The van der Waals surface area contributed by atoms with Crippen molar-refractivity contribution in [2.75, 3.05) is 6.61 Å². The monoisotopic (exact) mass is 262 g/mol. The second-order valence-corrected chi connectivity index (χ2v) is 5.13. The van der Waals surface area contributed by atoms with Gasteiger partial charge in [-0.15, -0.1) is 0 Å². The Morgan fingerprint density at radius 3 is 2.25 bits per heavy atom. The van der Waals surface area contributed by atoms with E-state index in [2.05, 4.69) is 54.6 Å². The highest BCUT2D eigenvalue weighted by Gasteiger charge is 2.12. The lowest BCUT2D eigenvalue weighted by atomic mass is 9.90.